The van der Waals surface area contributed by atoms with Gasteiger partial charge in [0.2, 0.25) is 9.84 Å². The molecule has 0 unspecified atom stereocenters. The van der Waals surface area contributed by atoms with Crippen LogP contribution in [0, 0.1) is 18.3 Å². The van der Waals surface area contributed by atoms with Crippen LogP contribution in [0.4, 0.5) is 11.4 Å². The van der Waals surface area contributed by atoms with Crippen molar-refractivity contribution in [3.05, 3.63) is 47.7 Å². The zero-order valence-corrected chi connectivity index (χ0v) is 15.3. The summed E-state index contributed by atoms with van der Waals surface area (Å²) in [6.45, 7) is 7.70. The van der Waals surface area contributed by atoms with Gasteiger partial charge >= 0.3 is 0 Å². The molecular weight excluding hydrogens is 336 g/mol. The molecule has 0 spiro atoms. The van der Waals surface area contributed by atoms with Crippen LogP contribution in [0.3, 0.4) is 0 Å². The standard InChI is InChI=1S/C18H20N4O2S/c1-4-22(5-2)16-7-6-14(3)17(11-16)21-13-25(23,24)18-10-15(12-19)8-9-20-18/h6-11,13H,4-5H2,1-3H3. The second-order valence-corrected chi connectivity index (χ2v) is 7.14. The number of nitriles is 1. The topological polar surface area (TPSA) is 86.4 Å². The number of nitrogens with zero attached hydrogens (tertiary/aromatic N) is 4. The van der Waals surface area contributed by atoms with Crippen LogP contribution in [-0.4, -0.2) is 32.0 Å². The number of aliphatic imine (C=N–C) groups is 1. The molecule has 0 saturated carbocycles. The molecule has 0 saturated heterocycles. The fourth-order valence-electron chi connectivity index (χ4n) is 2.34. The Labute approximate surface area is 148 Å². The van der Waals surface area contributed by atoms with Crippen LogP contribution in [0.5, 0.6) is 0 Å². The molecule has 6 nitrogen and oxygen atoms in total. The Morgan fingerprint density at radius 3 is 2.60 bits per heavy atom. The summed E-state index contributed by atoms with van der Waals surface area (Å²) in [6.07, 6.45) is 1.30. The minimum absolute atomic E-state index is 0.187. The van der Waals surface area contributed by atoms with Crippen LogP contribution in [0.2, 0.25) is 0 Å². The Morgan fingerprint density at radius 2 is 1.96 bits per heavy atom. The summed E-state index contributed by atoms with van der Waals surface area (Å²) in [4.78, 5) is 10.1. The molecule has 2 rings (SSSR count). The Balaban J connectivity index is 2.37. The predicted octanol–water partition coefficient (Wildman–Crippen LogP) is 3.24. The maximum Gasteiger partial charge on any atom is 0.234 e. The fraction of sp³-hybridized carbons (Fsp3) is 0.278. The third-order valence-electron chi connectivity index (χ3n) is 3.81. The zero-order valence-electron chi connectivity index (χ0n) is 14.5. The zero-order chi connectivity index (χ0) is 18.4. The smallest absolute Gasteiger partial charge is 0.234 e. The second-order valence-electron chi connectivity index (χ2n) is 5.42. The van der Waals surface area contributed by atoms with Gasteiger partial charge in [-0.2, -0.15) is 5.26 Å². The lowest BCUT2D eigenvalue weighted by molar-refractivity contribution is 0.604. The Morgan fingerprint density at radius 1 is 1.24 bits per heavy atom. The Bertz CT molecular complexity index is 926. The third kappa shape index (κ3) is 4.43. The number of sulfone groups is 1. The van der Waals surface area contributed by atoms with E-state index in [-0.39, 0.29) is 10.6 Å². The van der Waals surface area contributed by atoms with Crippen LogP contribution in [0.15, 0.2) is 46.5 Å². The van der Waals surface area contributed by atoms with Crippen LogP contribution in [0.25, 0.3) is 0 Å². The van der Waals surface area contributed by atoms with E-state index in [1.54, 1.807) is 0 Å². The number of aryl methyl sites for hydroxylation is 1. The SMILES string of the molecule is CCN(CC)c1ccc(C)c(N=CS(=O)(=O)c2cc(C#N)ccn2)c1. The van der Waals surface area contributed by atoms with Gasteiger partial charge in [0, 0.05) is 25.0 Å². The molecule has 0 aliphatic carbocycles. The van der Waals surface area contributed by atoms with Crippen molar-refractivity contribution in [2.24, 2.45) is 4.99 Å². The van der Waals surface area contributed by atoms with Gasteiger partial charge in [-0.3, -0.25) is 0 Å². The van der Waals surface area contributed by atoms with Gasteiger partial charge in [0.25, 0.3) is 0 Å². The van der Waals surface area contributed by atoms with Crippen LogP contribution < -0.4 is 4.90 Å². The van der Waals surface area contributed by atoms with Crippen molar-refractivity contribution in [1.82, 2.24) is 4.98 Å². The first-order chi connectivity index (χ1) is 11.9. The summed E-state index contributed by atoms with van der Waals surface area (Å²) in [7, 11) is -3.82. The third-order valence-corrected chi connectivity index (χ3v) is 5.00. The molecular formula is C18H20N4O2S. The Kier molecular flexibility index (Phi) is 5.88. The lowest BCUT2D eigenvalue weighted by atomic mass is 10.1. The van der Waals surface area contributed by atoms with Crippen molar-refractivity contribution in [3.63, 3.8) is 0 Å². The average Bonchev–Trinajstić information content (AvgIpc) is 2.63. The van der Waals surface area contributed by atoms with Crippen molar-refractivity contribution >= 4 is 26.8 Å². The quantitative estimate of drug-likeness (QED) is 0.586. The van der Waals surface area contributed by atoms with E-state index in [9.17, 15) is 8.42 Å². The first-order valence-corrected chi connectivity index (χ1v) is 9.46. The Hall–Kier alpha value is -2.72. The summed E-state index contributed by atoms with van der Waals surface area (Å²) >= 11 is 0. The minimum Gasteiger partial charge on any atom is -0.372 e. The molecule has 0 fully saturated rings. The van der Waals surface area contributed by atoms with Crippen LogP contribution in [0.1, 0.15) is 25.0 Å². The summed E-state index contributed by atoms with van der Waals surface area (Å²) < 4.78 is 24.8. The van der Waals surface area contributed by atoms with E-state index in [4.69, 9.17) is 5.26 Å². The average molecular weight is 356 g/mol. The minimum atomic E-state index is -3.82. The van der Waals surface area contributed by atoms with Crippen molar-refractivity contribution in [2.45, 2.75) is 25.8 Å². The van der Waals surface area contributed by atoms with Crippen LogP contribution in [-0.2, 0) is 9.84 Å². The number of anilines is 1. The summed E-state index contributed by atoms with van der Waals surface area (Å²) in [5.41, 5.74) is 3.59. The molecule has 0 aliphatic rings. The van der Waals surface area contributed by atoms with Gasteiger partial charge in [-0.25, -0.2) is 18.4 Å². The van der Waals surface area contributed by atoms with E-state index < -0.39 is 9.84 Å². The molecule has 1 aromatic carbocycles. The summed E-state index contributed by atoms with van der Waals surface area (Å²) in [5.74, 6) is 0. The molecule has 130 valence electrons. The molecule has 1 aromatic heterocycles. The predicted molar refractivity (Wildman–Crippen MR) is 99.0 cm³/mol. The van der Waals surface area contributed by atoms with E-state index in [0.717, 1.165) is 29.9 Å². The van der Waals surface area contributed by atoms with Gasteiger partial charge in [0.15, 0.2) is 5.03 Å². The first-order valence-electron chi connectivity index (χ1n) is 7.92. The van der Waals surface area contributed by atoms with Gasteiger partial charge in [-0.15, -0.1) is 0 Å². The number of benzene rings is 1. The highest BCUT2D eigenvalue weighted by molar-refractivity contribution is 8.04. The van der Waals surface area contributed by atoms with Gasteiger partial charge in [-0.1, -0.05) is 6.07 Å². The molecule has 0 aliphatic heterocycles. The van der Waals surface area contributed by atoms with Crippen LogP contribution >= 0.6 is 0 Å². The molecule has 2 aromatic rings. The molecule has 0 radical (unpaired) electrons. The van der Waals surface area contributed by atoms with Crippen molar-refractivity contribution in [2.75, 3.05) is 18.0 Å². The van der Waals surface area contributed by atoms with Crippen molar-refractivity contribution < 1.29 is 8.42 Å². The van der Waals surface area contributed by atoms with Gasteiger partial charge < -0.3 is 4.90 Å². The van der Waals surface area contributed by atoms with Gasteiger partial charge in [0.1, 0.15) is 5.55 Å². The molecule has 0 atom stereocenters. The molecule has 25 heavy (non-hydrogen) atoms. The van der Waals surface area contributed by atoms with Gasteiger partial charge in [-0.05, 0) is 50.6 Å². The van der Waals surface area contributed by atoms with Crippen molar-refractivity contribution in [3.8, 4) is 6.07 Å². The lowest BCUT2D eigenvalue weighted by Crippen LogP contribution is -2.21. The molecule has 1 heterocycles. The normalized spacial score (nSPS) is 11.4. The van der Waals surface area contributed by atoms with Gasteiger partial charge in [0.05, 0.1) is 17.3 Å². The lowest BCUT2D eigenvalue weighted by Gasteiger charge is -2.21. The second kappa shape index (κ2) is 7.90. The first kappa shape index (κ1) is 18.6. The molecule has 0 amide bonds. The van der Waals surface area contributed by atoms with E-state index in [0.29, 0.717) is 5.69 Å². The molecule has 0 bridgehead atoms. The van der Waals surface area contributed by atoms with E-state index in [1.165, 1.54) is 18.3 Å². The van der Waals surface area contributed by atoms with E-state index in [2.05, 4.69) is 28.7 Å². The summed E-state index contributed by atoms with van der Waals surface area (Å²) in [5, 5.41) is 8.70. The summed E-state index contributed by atoms with van der Waals surface area (Å²) in [6, 6.07) is 10.4. The molecule has 7 heteroatoms. The number of aromatic nitrogens is 1. The van der Waals surface area contributed by atoms with E-state index in [1.807, 2.05) is 31.2 Å². The maximum atomic E-state index is 12.4. The number of hydrogen-bond donors (Lipinski definition) is 0. The highest BCUT2D eigenvalue weighted by atomic mass is 32.2. The highest BCUT2D eigenvalue weighted by Gasteiger charge is 2.14. The van der Waals surface area contributed by atoms with E-state index >= 15 is 0 Å². The number of hydrogen-bond acceptors (Lipinski definition) is 6. The molecule has 0 N–H and O–H groups in total. The van der Waals surface area contributed by atoms with Crippen molar-refractivity contribution in [1.29, 1.82) is 5.26 Å². The fourth-order valence-corrected chi connectivity index (χ4v) is 3.20. The monoisotopic (exact) mass is 356 g/mol. The maximum absolute atomic E-state index is 12.4. The highest BCUT2D eigenvalue weighted by Crippen LogP contribution is 2.26. The largest absolute Gasteiger partial charge is 0.372 e. The number of rotatable bonds is 6. The number of pyridine rings is 1.